The SMILES string of the molecule is CC(N)c1cncn1CCC(=O)NC1CC1. The monoisotopic (exact) mass is 222 g/mol. The summed E-state index contributed by atoms with van der Waals surface area (Å²) in [5.41, 5.74) is 6.77. The minimum atomic E-state index is -0.0472. The Kier molecular flexibility index (Phi) is 3.24. The lowest BCUT2D eigenvalue weighted by Crippen LogP contribution is -2.26. The fraction of sp³-hybridized carbons (Fsp3) is 0.636. The van der Waals surface area contributed by atoms with Crippen molar-refractivity contribution in [3.63, 3.8) is 0 Å². The maximum absolute atomic E-state index is 11.5. The van der Waals surface area contributed by atoms with Crippen LogP contribution in [0.15, 0.2) is 12.5 Å². The second-order valence-electron chi connectivity index (χ2n) is 4.39. The average Bonchev–Trinajstić information content (AvgIpc) is 2.91. The molecule has 88 valence electrons. The predicted molar refractivity (Wildman–Crippen MR) is 60.6 cm³/mol. The van der Waals surface area contributed by atoms with E-state index < -0.39 is 0 Å². The smallest absolute Gasteiger partial charge is 0.222 e. The van der Waals surface area contributed by atoms with Gasteiger partial charge in [-0.15, -0.1) is 0 Å². The summed E-state index contributed by atoms with van der Waals surface area (Å²) in [5, 5.41) is 2.96. The van der Waals surface area contributed by atoms with Crippen molar-refractivity contribution < 1.29 is 4.79 Å². The van der Waals surface area contributed by atoms with Gasteiger partial charge in [0.25, 0.3) is 0 Å². The van der Waals surface area contributed by atoms with E-state index in [-0.39, 0.29) is 11.9 Å². The fourth-order valence-corrected chi connectivity index (χ4v) is 1.65. The predicted octanol–water partition coefficient (Wildman–Crippen LogP) is 0.571. The number of rotatable bonds is 5. The lowest BCUT2D eigenvalue weighted by Gasteiger charge is -2.10. The number of carbonyl (C=O) groups excluding carboxylic acids is 1. The third-order valence-electron chi connectivity index (χ3n) is 2.73. The quantitative estimate of drug-likeness (QED) is 0.765. The van der Waals surface area contributed by atoms with Gasteiger partial charge in [-0.2, -0.15) is 0 Å². The minimum absolute atomic E-state index is 0.0472. The Labute approximate surface area is 95.0 Å². The molecule has 1 heterocycles. The van der Waals surface area contributed by atoms with Crippen LogP contribution in [0, 0.1) is 0 Å². The van der Waals surface area contributed by atoms with Crippen LogP contribution in [0.5, 0.6) is 0 Å². The van der Waals surface area contributed by atoms with E-state index in [1.54, 1.807) is 12.5 Å². The Balaban J connectivity index is 1.83. The molecule has 1 saturated carbocycles. The molecule has 2 rings (SSSR count). The first kappa shape index (κ1) is 11.1. The van der Waals surface area contributed by atoms with Crippen LogP contribution in [0.25, 0.3) is 0 Å². The second-order valence-corrected chi connectivity index (χ2v) is 4.39. The molecule has 0 radical (unpaired) electrons. The molecule has 0 saturated heterocycles. The zero-order valence-corrected chi connectivity index (χ0v) is 9.52. The summed E-state index contributed by atoms with van der Waals surface area (Å²) in [4.78, 5) is 15.5. The van der Waals surface area contributed by atoms with E-state index in [9.17, 15) is 4.79 Å². The summed E-state index contributed by atoms with van der Waals surface area (Å²) in [6, 6.07) is 0.386. The van der Waals surface area contributed by atoms with Crippen molar-refractivity contribution in [2.45, 2.75) is 44.8 Å². The third-order valence-corrected chi connectivity index (χ3v) is 2.73. The van der Waals surface area contributed by atoms with E-state index in [4.69, 9.17) is 5.73 Å². The molecule has 1 aliphatic carbocycles. The average molecular weight is 222 g/mol. The van der Waals surface area contributed by atoms with Crippen molar-refractivity contribution >= 4 is 5.91 Å². The number of carbonyl (C=O) groups is 1. The van der Waals surface area contributed by atoms with Gasteiger partial charge in [-0.3, -0.25) is 4.79 Å². The van der Waals surface area contributed by atoms with Gasteiger partial charge in [-0.1, -0.05) is 0 Å². The Morgan fingerprint density at radius 3 is 3.12 bits per heavy atom. The lowest BCUT2D eigenvalue weighted by molar-refractivity contribution is -0.121. The van der Waals surface area contributed by atoms with Crippen molar-refractivity contribution in [2.24, 2.45) is 5.73 Å². The van der Waals surface area contributed by atoms with Crippen LogP contribution < -0.4 is 11.1 Å². The van der Waals surface area contributed by atoms with Crippen LogP contribution in [0.1, 0.15) is 37.9 Å². The summed E-state index contributed by atoms with van der Waals surface area (Å²) in [6.07, 6.45) is 6.23. The standard InChI is InChI=1S/C11H18N4O/c1-8(12)10-6-13-7-15(10)5-4-11(16)14-9-2-3-9/h6-9H,2-5,12H2,1H3,(H,14,16). The highest BCUT2D eigenvalue weighted by Crippen LogP contribution is 2.18. The van der Waals surface area contributed by atoms with Gasteiger partial charge in [0.05, 0.1) is 12.0 Å². The summed E-state index contributed by atoms with van der Waals surface area (Å²) < 4.78 is 1.94. The van der Waals surface area contributed by atoms with Crippen molar-refractivity contribution in [3.8, 4) is 0 Å². The molecule has 1 aromatic rings. The number of aromatic nitrogens is 2. The van der Waals surface area contributed by atoms with Gasteiger partial charge in [0, 0.05) is 31.2 Å². The Morgan fingerprint density at radius 1 is 1.75 bits per heavy atom. The topological polar surface area (TPSA) is 72.9 Å². The number of hydrogen-bond acceptors (Lipinski definition) is 3. The van der Waals surface area contributed by atoms with E-state index >= 15 is 0 Å². The maximum atomic E-state index is 11.5. The molecule has 1 unspecified atom stereocenters. The van der Waals surface area contributed by atoms with Crippen molar-refractivity contribution in [3.05, 3.63) is 18.2 Å². The van der Waals surface area contributed by atoms with Gasteiger partial charge < -0.3 is 15.6 Å². The summed E-state index contributed by atoms with van der Waals surface area (Å²) in [5.74, 6) is 0.117. The molecule has 0 aromatic carbocycles. The van der Waals surface area contributed by atoms with Crippen molar-refractivity contribution in [1.29, 1.82) is 0 Å². The van der Waals surface area contributed by atoms with Gasteiger partial charge in [-0.25, -0.2) is 4.98 Å². The van der Waals surface area contributed by atoms with E-state index in [1.807, 2.05) is 11.5 Å². The molecule has 16 heavy (non-hydrogen) atoms. The number of nitrogens with two attached hydrogens (primary N) is 1. The third kappa shape index (κ3) is 2.82. The number of aryl methyl sites for hydroxylation is 1. The Bertz CT molecular complexity index is 368. The molecule has 1 amide bonds. The van der Waals surface area contributed by atoms with E-state index in [0.29, 0.717) is 19.0 Å². The molecular formula is C11H18N4O. The van der Waals surface area contributed by atoms with Gasteiger partial charge in [0.15, 0.2) is 0 Å². The minimum Gasteiger partial charge on any atom is -0.353 e. The number of nitrogens with one attached hydrogen (secondary N) is 1. The summed E-state index contributed by atoms with van der Waals surface area (Å²) in [7, 11) is 0. The van der Waals surface area contributed by atoms with Crippen LogP contribution in [-0.2, 0) is 11.3 Å². The van der Waals surface area contributed by atoms with Crippen LogP contribution in [0.2, 0.25) is 0 Å². The van der Waals surface area contributed by atoms with Crippen molar-refractivity contribution in [2.75, 3.05) is 0 Å². The Morgan fingerprint density at radius 2 is 2.50 bits per heavy atom. The number of amides is 1. The second kappa shape index (κ2) is 4.65. The molecule has 1 aromatic heterocycles. The van der Waals surface area contributed by atoms with Crippen molar-refractivity contribution in [1.82, 2.24) is 14.9 Å². The normalized spacial score (nSPS) is 17.1. The maximum Gasteiger partial charge on any atom is 0.222 e. The molecule has 0 bridgehead atoms. The highest BCUT2D eigenvalue weighted by atomic mass is 16.1. The zero-order valence-electron chi connectivity index (χ0n) is 9.52. The first-order valence-corrected chi connectivity index (χ1v) is 5.72. The molecule has 1 atom stereocenters. The molecular weight excluding hydrogens is 204 g/mol. The van der Waals surface area contributed by atoms with Gasteiger partial charge in [0.2, 0.25) is 5.91 Å². The molecule has 0 spiro atoms. The molecule has 1 aliphatic rings. The number of imidazole rings is 1. The van der Waals surface area contributed by atoms with E-state index in [1.165, 1.54) is 0 Å². The Hall–Kier alpha value is -1.36. The zero-order chi connectivity index (χ0) is 11.5. The summed E-state index contributed by atoms with van der Waals surface area (Å²) in [6.45, 7) is 2.56. The highest BCUT2D eigenvalue weighted by Gasteiger charge is 2.22. The van der Waals surface area contributed by atoms with Gasteiger partial charge >= 0.3 is 0 Å². The van der Waals surface area contributed by atoms with E-state index in [2.05, 4.69) is 10.3 Å². The van der Waals surface area contributed by atoms with Gasteiger partial charge in [0.1, 0.15) is 0 Å². The van der Waals surface area contributed by atoms with Crippen LogP contribution in [0.4, 0.5) is 0 Å². The fourth-order valence-electron chi connectivity index (χ4n) is 1.65. The van der Waals surface area contributed by atoms with E-state index in [0.717, 1.165) is 18.5 Å². The van der Waals surface area contributed by atoms with Crippen LogP contribution in [0.3, 0.4) is 0 Å². The number of nitrogens with zero attached hydrogens (tertiary/aromatic N) is 2. The molecule has 5 heteroatoms. The lowest BCUT2D eigenvalue weighted by atomic mass is 10.2. The highest BCUT2D eigenvalue weighted by molar-refractivity contribution is 5.76. The van der Waals surface area contributed by atoms with Crippen LogP contribution in [-0.4, -0.2) is 21.5 Å². The first-order valence-electron chi connectivity index (χ1n) is 5.72. The number of hydrogen-bond donors (Lipinski definition) is 2. The van der Waals surface area contributed by atoms with Crippen LogP contribution >= 0.6 is 0 Å². The first-order chi connectivity index (χ1) is 7.66. The molecule has 3 N–H and O–H groups in total. The molecule has 0 aliphatic heterocycles. The molecule has 5 nitrogen and oxygen atoms in total. The summed E-state index contributed by atoms with van der Waals surface area (Å²) >= 11 is 0. The largest absolute Gasteiger partial charge is 0.353 e. The van der Waals surface area contributed by atoms with Gasteiger partial charge in [-0.05, 0) is 19.8 Å². The molecule has 1 fully saturated rings.